The van der Waals surface area contributed by atoms with Gasteiger partial charge in [0.15, 0.2) is 20.3 Å². The van der Waals surface area contributed by atoms with E-state index in [-0.39, 0.29) is 35.0 Å². The lowest BCUT2D eigenvalue weighted by Gasteiger charge is -2.37. The number of fused-ring (bicyclic) bond motifs is 2. The third kappa shape index (κ3) is 3.85. The van der Waals surface area contributed by atoms with Gasteiger partial charge in [-0.25, -0.2) is 9.97 Å². The molecule has 10 heteroatoms. The van der Waals surface area contributed by atoms with E-state index in [4.69, 9.17) is 24.4 Å². The summed E-state index contributed by atoms with van der Waals surface area (Å²) in [6, 6.07) is 3.78. The van der Waals surface area contributed by atoms with Gasteiger partial charge in [-0.1, -0.05) is 20.8 Å². The fourth-order valence-corrected chi connectivity index (χ4v) is 4.85. The number of nitrogens with two attached hydrogens (primary N) is 1. The van der Waals surface area contributed by atoms with Crippen LogP contribution in [-0.4, -0.2) is 53.6 Å². The summed E-state index contributed by atoms with van der Waals surface area (Å²) < 4.78 is 27.1. The lowest BCUT2D eigenvalue weighted by Crippen LogP contribution is -2.44. The molecule has 4 rings (SSSR count). The third-order valence-corrected chi connectivity index (χ3v) is 11.0. The molecule has 2 aromatic rings. The SMILES string of the molecule is CC1(C)O[C@@H]2[C@H](O1)[C@@H](CO[Si](C)(C)C(C)(C)C)O[C@H]2n1ccc2c(N)nc(C#N)nc21. The van der Waals surface area contributed by atoms with Crippen LogP contribution in [0.15, 0.2) is 12.3 Å². The molecule has 0 amide bonds. The van der Waals surface area contributed by atoms with Gasteiger partial charge in [0.1, 0.15) is 35.8 Å². The van der Waals surface area contributed by atoms with E-state index in [2.05, 4.69) is 43.8 Å². The molecule has 2 fully saturated rings. The average molecular weight is 446 g/mol. The highest BCUT2D eigenvalue weighted by atomic mass is 28.4. The van der Waals surface area contributed by atoms with Gasteiger partial charge in [0.05, 0.1) is 12.0 Å². The van der Waals surface area contributed by atoms with E-state index in [0.29, 0.717) is 17.6 Å². The molecule has 2 aliphatic heterocycles. The molecular formula is C21H31N5O4Si. The maximum Gasteiger partial charge on any atom is 0.236 e. The maximum absolute atomic E-state index is 9.26. The first-order chi connectivity index (χ1) is 14.3. The zero-order valence-corrected chi connectivity index (χ0v) is 20.2. The van der Waals surface area contributed by atoms with Crippen LogP contribution in [0.5, 0.6) is 0 Å². The number of aromatic nitrogens is 3. The Kier molecular flexibility index (Phi) is 5.18. The van der Waals surface area contributed by atoms with E-state index >= 15 is 0 Å². The molecule has 0 unspecified atom stereocenters. The van der Waals surface area contributed by atoms with Gasteiger partial charge in [0, 0.05) is 6.20 Å². The molecule has 9 nitrogen and oxygen atoms in total. The quantitative estimate of drug-likeness (QED) is 0.712. The summed E-state index contributed by atoms with van der Waals surface area (Å²) in [5, 5.41) is 10.0. The van der Waals surface area contributed by atoms with Crippen molar-refractivity contribution in [3.8, 4) is 6.07 Å². The van der Waals surface area contributed by atoms with Crippen LogP contribution in [0.25, 0.3) is 11.0 Å². The first-order valence-electron chi connectivity index (χ1n) is 10.5. The van der Waals surface area contributed by atoms with Crippen LogP contribution in [0.4, 0.5) is 5.82 Å². The van der Waals surface area contributed by atoms with Crippen molar-refractivity contribution in [1.82, 2.24) is 14.5 Å². The minimum atomic E-state index is -1.96. The molecule has 0 radical (unpaired) electrons. The Morgan fingerprint density at radius 1 is 1.26 bits per heavy atom. The summed E-state index contributed by atoms with van der Waals surface area (Å²) >= 11 is 0. The maximum atomic E-state index is 9.26. The Morgan fingerprint density at radius 2 is 1.94 bits per heavy atom. The van der Waals surface area contributed by atoms with Crippen LogP contribution in [0.2, 0.25) is 18.1 Å². The summed E-state index contributed by atoms with van der Waals surface area (Å²) in [5.74, 6) is -0.459. The molecule has 4 atom stereocenters. The molecule has 31 heavy (non-hydrogen) atoms. The summed E-state index contributed by atoms with van der Waals surface area (Å²) in [6.45, 7) is 15.3. The highest BCUT2D eigenvalue weighted by Gasteiger charge is 2.56. The summed E-state index contributed by atoms with van der Waals surface area (Å²) in [6.07, 6.45) is 0.429. The van der Waals surface area contributed by atoms with Crippen molar-refractivity contribution in [2.75, 3.05) is 12.3 Å². The molecule has 2 aliphatic rings. The second-order valence-electron chi connectivity index (χ2n) is 10.2. The third-order valence-electron chi connectivity index (χ3n) is 6.52. The zero-order valence-electron chi connectivity index (χ0n) is 19.2. The van der Waals surface area contributed by atoms with Crippen molar-refractivity contribution in [2.24, 2.45) is 0 Å². The molecule has 0 spiro atoms. The van der Waals surface area contributed by atoms with Crippen molar-refractivity contribution < 1.29 is 18.6 Å². The van der Waals surface area contributed by atoms with Crippen LogP contribution >= 0.6 is 0 Å². The van der Waals surface area contributed by atoms with Gasteiger partial charge in [-0.2, -0.15) is 5.26 Å². The molecule has 0 bridgehead atoms. The van der Waals surface area contributed by atoms with Crippen LogP contribution in [0.3, 0.4) is 0 Å². The number of anilines is 1. The van der Waals surface area contributed by atoms with Gasteiger partial charge in [-0.15, -0.1) is 0 Å². The Bertz CT molecular complexity index is 1040. The predicted molar refractivity (Wildman–Crippen MR) is 118 cm³/mol. The van der Waals surface area contributed by atoms with Gasteiger partial charge in [0.25, 0.3) is 0 Å². The molecule has 0 aliphatic carbocycles. The van der Waals surface area contributed by atoms with E-state index in [1.165, 1.54) is 0 Å². The lowest BCUT2D eigenvalue weighted by atomic mass is 10.1. The lowest BCUT2D eigenvalue weighted by molar-refractivity contribution is -0.199. The summed E-state index contributed by atoms with van der Waals surface area (Å²) in [7, 11) is -1.96. The molecule has 168 valence electrons. The van der Waals surface area contributed by atoms with E-state index in [1.54, 1.807) is 0 Å². The first kappa shape index (κ1) is 22.2. The number of hydrogen-bond donors (Lipinski definition) is 1. The zero-order chi connectivity index (χ0) is 22.8. The largest absolute Gasteiger partial charge is 0.414 e. The smallest absolute Gasteiger partial charge is 0.236 e. The second kappa shape index (κ2) is 7.25. The van der Waals surface area contributed by atoms with E-state index in [9.17, 15) is 5.26 Å². The first-order valence-corrected chi connectivity index (χ1v) is 13.4. The Labute approximate surface area is 183 Å². The number of hydrogen-bond acceptors (Lipinski definition) is 8. The number of ether oxygens (including phenoxy) is 3. The van der Waals surface area contributed by atoms with Crippen molar-refractivity contribution in [1.29, 1.82) is 5.26 Å². The molecule has 2 aromatic heterocycles. The van der Waals surface area contributed by atoms with E-state index in [0.717, 1.165) is 0 Å². The van der Waals surface area contributed by atoms with Gasteiger partial charge < -0.3 is 28.9 Å². The number of nitrogen functional groups attached to an aromatic ring is 1. The Balaban J connectivity index is 1.66. The molecule has 2 saturated heterocycles. The normalized spacial score (nSPS) is 28.1. The average Bonchev–Trinajstić information content (AvgIpc) is 3.30. The minimum Gasteiger partial charge on any atom is -0.414 e. The Morgan fingerprint density at radius 3 is 2.58 bits per heavy atom. The van der Waals surface area contributed by atoms with E-state index < -0.39 is 20.3 Å². The van der Waals surface area contributed by atoms with Gasteiger partial charge in [0.2, 0.25) is 5.82 Å². The van der Waals surface area contributed by atoms with Crippen LogP contribution < -0.4 is 5.73 Å². The van der Waals surface area contributed by atoms with E-state index in [1.807, 2.05) is 36.7 Å². The highest BCUT2D eigenvalue weighted by Crippen LogP contribution is 2.45. The van der Waals surface area contributed by atoms with Crippen molar-refractivity contribution >= 4 is 25.2 Å². The fraction of sp³-hybridized carbons (Fsp3) is 0.667. The van der Waals surface area contributed by atoms with Crippen molar-refractivity contribution in [3.05, 3.63) is 18.1 Å². The molecule has 2 N–H and O–H groups in total. The van der Waals surface area contributed by atoms with Crippen LogP contribution in [0, 0.1) is 11.3 Å². The standard InChI is InChI=1S/C21H31N5O4Si/c1-20(2,3)31(6,7)27-11-13-15-16(30-21(4,5)29-15)19(28-13)26-9-8-12-17(23)24-14(10-22)25-18(12)26/h8-9,13,15-16,19H,11H2,1-7H3,(H2,23,24,25)/t13-,15-,16-,19-/m1/s1. The monoisotopic (exact) mass is 445 g/mol. The van der Waals surface area contributed by atoms with Gasteiger partial charge in [-0.3, -0.25) is 0 Å². The molecule has 0 aromatic carbocycles. The van der Waals surface area contributed by atoms with Crippen LogP contribution in [-0.2, 0) is 18.6 Å². The van der Waals surface area contributed by atoms with Gasteiger partial charge >= 0.3 is 0 Å². The fourth-order valence-electron chi connectivity index (χ4n) is 3.84. The van der Waals surface area contributed by atoms with Gasteiger partial charge in [-0.05, 0) is 38.0 Å². The number of rotatable bonds is 4. The summed E-state index contributed by atoms with van der Waals surface area (Å²) in [5.41, 5.74) is 6.56. The van der Waals surface area contributed by atoms with Crippen LogP contribution in [0.1, 0.15) is 46.7 Å². The molecular weight excluding hydrogens is 414 g/mol. The van der Waals surface area contributed by atoms with Crippen molar-refractivity contribution in [3.63, 3.8) is 0 Å². The molecule has 0 saturated carbocycles. The van der Waals surface area contributed by atoms with Crippen molar-refractivity contribution in [2.45, 2.75) is 83.1 Å². The topological polar surface area (TPSA) is 117 Å². The number of nitrogens with zero attached hydrogens (tertiary/aromatic N) is 4. The summed E-state index contributed by atoms with van der Waals surface area (Å²) in [4.78, 5) is 8.39. The predicted octanol–water partition coefficient (Wildman–Crippen LogP) is 3.32. The Hall–Kier alpha value is -2.03. The minimum absolute atomic E-state index is 0.0150. The number of nitriles is 1. The molecule has 4 heterocycles. The highest BCUT2D eigenvalue weighted by molar-refractivity contribution is 6.74. The second-order valence-corrected chi connectivity index (χ2v) is 15.0.